The van der Waals surface area contributed by atoms with Crippen molar-refractivity contribution in [3.05, 3.63) is 95.0 Å². The number of aromatic nitrogens is 1. The minimum atomic E-state index is -0.205. The molecule has 0 aliphatic carbocycles. The average Bonchev–Trinajstić information content (AvgIpc) is 3.30. The molecule has 1 unspecified atom stereocenters. The molecule has 0 spiro atoms. The SMILES string of the molecule is O=C(CC(Cn1cccc1)c1ccc(Cl)cc1)NC1CCN(Cc2ccc(F)cc2)CC1. The summed E-state index contributed by atoms with van der Waals surface area (Å²) in [6, 6.07) is 18.7. The molecule has 32 heavy (non-hydrogen) atoms. The maximum absolute atomic E-state index is 13.1. The summed E-state index contributed by atoms with van der Waals surface area (Å²) in [5.74, 6) is -0.0313. The molecule has 1 fully saturated rings. The third-order valence-electron chi connectivity index (χ3n) is 6.14. The molecule has 0 radical (unpaired) electrons. The predicted molar refractivity (Wildman–Crippen MR) is 126 cm³/mol. The molecule has 1 N–H and O–H groups in total. The van der Waals surface area contributed by atoms with Crippen LogP contribution in [0, 0.1) is 5.82 Å². The van der Waals surface area contributed by atoms with Crippen molar-refractivity contribution in [2.24, 2.45) is 0 Å². The van der Waals surface area contributed by atoms with Gasteiger partial charge in [-0.3, -0.25) is 9.69 Å². The van der Waals surface area contributed by atoms with Gasteiger partial charge in [0.1, 0.15) is 5.82 Å². The van der Waals surface area contributed by atoms with Crippen LogP contribution in [0.4, 0.5) is 4.39 Å². The third kappa shape index (κ3) is 6.44. The Kier molecular flexibility index (Phi) is 7.61. The van der Waals surface area contributed by atoms with Crippen molar-refractivity contribution in [1.29, 1.82) is 0 Å². The van der Waals surface area contributed by atoms with Gasteiger partial charge in [-0.05, 0) is 60.4 Å². The molecule has 2 aromatic carbocycles. The van der Waals surface area contributed by atoms with E-state index >= 15 is 0 Å². The second-order valence-corrected chi connectivity index (χ2v) is 9.01. The van der Waals surface area contributed by atoms with E-state index in [1.54, 1.807) is 0 Å². The van der Waals surface area contributed by atoms with Gasteiger partial charge in [-0.15, -0.1) is 0 Å². The largest absolute Gasteiger partial charge is 0.354 e. The first-order valence-electron chi connectivity index (χ1n) is 11.2. The Morgan fingerprint density at radius 1 is 1.03 bits per heavy atom. The number of carbonyl (C=O) groups is 1. The standard InChI is InChI=1S/C26H29ClFN3O/c27-23-7-5-21(6-8-23)22(19-30-13-1-2-14-30)17-26(32)29-25-11-15-31(16-12-25)18-20-3-9-24(28)10-4-20/h1-10,13-14,22,25H,11-12,15-19H2,(H,29,32). The Bertz CT molecular complexity index is 981. The summed E-state index contributed by atoms with van der Waals surface area (Å²) in [6.45, 7) is 3.41. The molecule has 1 aliphatic heterocycles. The zero-order valence-electron chi connectivity index (χ0n) is 18.1. The number of benzene rings is 2. The lowest BCUT2D eigenvalue weighted by atomic mass is 9.94. The van der Waals surface area contributed by atoms with Crippen LogP contribution in [0.1, 0.15) is 36.3 Å². The Labute approximate surface area is 194 Å². The maximum Gasteiger partial charge on any atom is 0.220 e. The lowest BCUT2D eigenvalue weighted by molar-refractivity contribution is -0.122. The van der Waals surface area contributed by atoms with Gasteiger partial charge in [0, 0.05) is 62.0 Å². The molecule has 0 bridgehead atoms. The van der Waals surface area contributed by atoms with E-state index in [9.17, 15) is 9.18 Å². The van der Waals surface area contributed by atoms with Crippen LogP contribution in [0.25, 0.3) is 0 Å². The van der Waals surface area contributed by atoms with Crippen molar-refractivity contribution < 1.29 is 9.18 Å². The Hall–Kier alpha value is -2.63. The first kappa shape index (κ1) is 22.6. The highest BCUT2D eigenvalue weighted by molar-refractivity contribution is 6.30. The molecule has 4 nitrogen and oxygen atoms in total. The van der Waals surface area contributed by atoms with Gasteiger partial charge in [0.15, 0.2) is 0 Å². The van der Waals surface area contributed by atoms with E-state index in [1.807, 2.05) is 60.9 Å². The highest BCUT2D eigenvalue weighted by atomic mass is 35.5. The summed E-state index contributed by atoms with van der Waals surface area (Å²) in [6.07, 6.45) is 6.34. The Morgan fingerprint density at radius 2 is 1.69 bits per heavy atom. The van der Waals surface area contributed by atoms with E-state index in [-0.39, 0.29) is 23.7 Å². The summed E-state index contributed by atoms with van der Waals surface area (Å²) in [4.78, 5) is 15.3. The van der Waals surface area contributed by atoms with Crippen molar-refractivity contribution in [2.45, 2.75) is 44.3 Å². The molecule has 4 rings (SSSR count). The summed E-state index contributed by atoms with van der Waals surface area (Å²) in [5, 5.41) is 3.95. The Morgan fingerprint density at radius 3 is 2.34 bits per heavy atom. The zero-order valence-corrected chi connectivity index (χ0v) is 18.8. The minimum Gasteiger partial charge on any atom is -0.354 e. The lowest BCUT2D eigenvalue weighted by Crippen LogP contribution is -2.44. The number of hydrogen-bond donors (Lipinski definition) is 1. The second kappa shape index (κ2) is 10.8. The van der Waals surface area contributed by atoms with Gasteiger partial charge in [-0.25, -0.2) is 4.39 Å². The van der Waals surface area contributed by atoms with Crippen molar-refractivity contribution >= 4 is 17.5 Å². The van der Waals surface area contributed by atoms with Crippen molar-refractivity contribution in [3.8, 4) is 0 Å². The molecule has 2 heterocycles. The molecule has 168 valence electrons. The Balaban J connectivity index is 1.29. The molecule has 6 heteroatoms. The molecule has 1 aromatic heterocycles. The summed E-state index contributed by atoms with van der Waals surface area (Å²) in [7, 11) is 0. The molecule has 3 aromatic rings. The number of rotatable bonds is 8. The topological polar surface area (TPSA) is 37.3 Å². The van der Waals surface area contributed by atoms with Crippen LogP contribution in [-0.2, 0) is 17.9 Å². The zero-order chi connectivity index (χ0) is 22.3. The van der Waals surface area contributed by atoms with Crippen molar-refractivity contribution in [1.82, 2.24) is 14.8 Å². The maximum atomic E-state index is 13.1. The quantitative estimate of drug-likeness (QED) is 0.506. The van der Waals surface area contributed by atoms with E-state index in [4.69, 9.17) is 11.6 Å². The van der Waals surface area contributed by atoms with Crippen LogP contribution >= 0.6 is 11.6 Å². The molecule has 1 amide bonds. The van der Waals surface area contributed by atoms with E-state index in [0.29, 0.717) is 11.4 Å². The monoisotopic (exact) mass is 453 g/mol. The predicted octanol–water partition coefficient (Wildman–Crippen LogP) is 5.24. The smallest absolute Gasteiger partial charge is 0.220 e. The van der Waals surface area contributed by atoms with Gasteiger partial charge in [0.05, 0.1) is 0 Å². The fourth-order valence-corrected chi connectivity index (χ4v) is 4.49. The number of nitrogens with zero attached hydrogens (tertiary/aromatic N) is 2. The van der Waals surface area contributed by atoms with E-state index < -0.39 is 0 Å². The van der Waals surface area contributed by atoms with E-state index in [2.05, 4.69) is 14.8 Å². The summed E-state index contributed by atoms with van der Waals surface area (Å²) in [5.41, 5.74) is 2.23. The fourth-order valence-electron chi connectivity index (χ4n) is 4.36. The summed E-state index contributed by atoms with van der Waals surface area (Å²) < 4.78 is 15.2. The van der Waals surface area contributed by atoms with Gasteiger partial charge in [-0.1, -0.05) is 35.9 Å². The van der Waals surface area contributed by atoms with Gasteiger partial charge in [0.25, 0.3) is 0 Å². The van der Waals surface area contributed by atoms with Crippen LogP contribution in [0.5, 0.6) is 0 Å². The van der Waals surface area contributed by atoms with Gasteiger partial charge >= 0.3 is 0 Å². The molecule has 1 saturated heterocycles. The van der Waals surface area contributed by atoms with Crippen molar-refractivity contribution in [2.75, 3.05) is 13.1 Å². The second-order valence-electron chi connectivity index (χ2n) is 8.58. The fraction of sp³-hybridized carbons (Fsp3) is 0.346. The van der Waals surface area contributed by atoms with Crippen molar-refractivity contribution in [3.63, 3.8) is 0 Å². The normalized spacial score (nSPS) is 16.1. The number of likely N-dealkylation sites (tertiary alicyclic amines) is 1. The number of halogens is 2. The first-order valence-corrected chi connectivity index (χ1v) is 11.6. The van der Waals surface area contributed by atoms with Gasteiger partial charge < -0.3 is 9.88 Å². The van der Waals surface area contributed by atoms with E-state index in [0.717, 1.165) is 50.1 Å². The number of nitrogens with one attached hydrogen (secondary N) is 1. The number of carbonyl (C=O) groups excluding carboxylic acids is 1. The molecule has 0 saturated carbocycles. The molecular formula is C26H29ClFN3O. The van der Waals surface area contributed by atoms with Crippen LogP contribution in [0.3, 0.4) is 0 Å². The van der Waals surface area contributed by atoms with Crippen LogP contribution in [-0.4, -0.2) is 34.5 Å². The molecule has 1 atom stereocenters. The highest BCUT2D eigenvalue weighted by Gasteiger charge is 2.23. The molecule has 1 aliphatic rings. The summed E-state index contributed by atoms with van der Waals surface area (Å²) >= 11 is 6.06. The minimum absolute atomic E-state index is 0.0817. The number of piperidine rings is 1. The lowest BCUT2D eigenvalue weighted by Gasteiger charge is -2.32. The van der Waals surface area contributed by atoms with Crippen LogP contribution in [0.2, 0.25) is 5.02 Å². The average molecular weight is 454 g/mol. The van der Waals surface area contributed by atoms with Gasteiger partial charge in [0.2, 0.25) is 5.91 Å². The molecular weight excluding hydrogens is 425 g/mol. The van der Waals surface area contributed by atoms with Crippen LogP contribution in [0.15, 0.2) is 73.1 Å². The first-order chi connectivity index (χ1) is 15.5. The number of amides is 1. The highest BCUT2D eigenvalue weighted by Crippen LogP contribution is 2.24. The van der Waals surface area contributed by atoms with Crippen LogP contribution < -0.4 is 5.32 Å². The third-order valence-corrected chi connectivity index (χ3v) is 6.39. The van der Waals surface area contributed by atoms with E-state index in [1.165, 1.54) is 12.1 Å². The van der Waals surface area contributed by atoms with Gasteiger partial charge in [-0.2, -0.15) is 0 Å². The number of hydrogen-bond acceptors (Lipinski definition) is 2.